The van der Waals surface area contributed by atoms with Gasteiger partial charge in [0.1, 0.15) is 5.76 Å². The number of methoxy groups -OCH3 is 1. The van der Waals surface area contributed by atoms with Crippen molar-refractivity contribution >= 4 is 23.1 Å². The molecule has 0 heterocycles. The molecule has 0 amide bonds. The van der Waals surface area contributed by atoms with Gasteiger partial charge < -0.3 is 4.74 Å². The highest BCUT2D eigenvalue weighted by Gasteiger charge is 2.09. The smallest absolute Gasteiger partial charge is 0.189 e. The predicted molar refractivity (Wildman–Crippen MR) is 77.2 cm³/mol. The first-order chi connectivity index (χ1) is 9.22. The van der Waals surface area contributed by atoms with Gasteiger partial charge in [-0.15, -0.1) is 0 Å². The molecule has 0 unspecified atom stereocenters. The van der Waals surface area contributed by atoms with Gasteiger partial charge in [-0.25, -0.2) is 0 Å². The van der Waals surface area contributed by atoms with E-state index >= 15 is 0 Å². The Morgan fingerprint density at radius 3 is 2.32 bits per heavy atom. The van der Waals surface area contributed by atoms with Crippen molar-refractivity contribution in [1.82, 2.24) is 0 Å². The molecule has 2 rings (SSSR count). The second kappa shape index (κ2) is 6.21. The van der Waals surface area contributed by atoms with Gasteiger partial charge in [-0.3, -0.25) is 4.79 Å². The van der Waals surface area contributed by atoms with E-state index in [1.165, 1.54) is 13.2 Å². The Bertz CT molecular complexity index is 603. The lowest BCUT2D eigenvalue weighted by Crippen LogP contribution is -1.98. The molecule has 2 nitrogen and oxygen atoms in total. The minimum absolute atomic E-state index is 0.114. The van der Waals surface area contributed by atoms with Crippen LogP contribution in [0.5, 0.6) is 0 Å². The fourth-order valence-corrected chi connectivity index (χ4v) is 1.94. The molecule has 0 aliphatic carbocycles. The van der Waals surface area contributed by atoms with E-state index in [-0.39, 0.29) is 5.78 Å². The number of halogens is 1. The number of carbonyl (C=O) groups is 1. The first-order valence-electron chi connectivity index (χ1n) is 5.82. The van der Waals surface area contributed by atoms with Crippen LogP contribution in [0.1, 0.15) is 15.9 Å². The van der Waals surface area contributed by atoms with Crippen LogP contribution in [-0.4, -0.2) is 12.9 Å². The molecule has 2 aromatic rings. The number of benzene rings is 2. The summed E-state index contributed by atoms with van der Waals surface area (Å²) in [4.78, 5) is 12.1. The highest BCUT2D eigenvalue weighted by Crippen LogP contribution is 2.24. The number of rotatable bonds is 4. The molecular weight excluding hydrogens is 260 g/mol. The average Bonchev–Trinajstić information content (AvgIpc) is 2.46. The van der Waals surface area contributed by atoms with Crippen LogP contribution < -0.4 is 0 Å². The zero-order valence-corrected chi connectivity index (χ0v) is 11.2. The summed E-state index contributed by atoms with van der Waals surface area (Å²) in [5, 5.41) is 0.552. The fourth-order valence-electron chi connectivity index (χ4n) is 1.71. The van der Waals surface area contributed by atoms with Crippen molar-refractivity contribution in [2.45, 2.75) is 0 Å². The van der Waals surface area contributed by atoms with E-state index in [0.717, 1.165) is 0 Å². The maximum absolute atomic E-state index is 12.1. The molecule has 19 heavy (non-hydrogen) atoms. The van der Waals surface area contributed by atoms with Gasteiger partial charge in [0, 0.05) is 17.2 Å². The number of hydrogen-bond acceptors (Lipinski definition) is 2. The number of allylic oxidation sites excluding steroid dienone is 1. The molecule has 0 fully saturated rings. The molecule has 0 aromatic heterocycles. The highest BCUT2D eigenvalue weighted by molar-refractivity contribution is 6.32. The zero-order valence-electron chi connectivity index (χ0n) is 10.5. The highest BCUT2D eigenvalue weighted by atomic mass is 35.5. The molecule has 0 saturated carbocycles. The van der Waals surface area contributed by atoms with Crippen LogP contribution in [0.25, 0.3) is 5.76 Å². The van der Waals surface area contributed by atoms with Crippen molar-refractivity contribution in [3.8, 4) is 0 Å². The predicted octanol–water partition coefficient (Wildman–Crippen LogP) is 4.21. The van der Waals surface area contributed by atoms with E-state index in [2.05, 4.69) is 0 Å². The van der Waals surface area contributed by atoms with Crippen LogP contribution in [-0.2, 0) is 4.74 Å². The molecule has 0 spiro atoms. The van der Waals surface area contributed by atoms with Gasteiger partial charge in [-0.05, 0) is 12.1 Å². The van der Waals surface area contributed by atoms with Crippen LogP contribution in [0, 0.1) is 0 Å². The molecule has 0 atom stereocenters. The molecule has 0 aliphatic rings. The van der Waals surface area contributed by atoms with Crippen molar-refractivity contribution in [3.63, 3.8) is 0 Å². The van der Waals surface area contributed by atoms with Crippen LogP contribution in [0.4, 0.5) is 0 Å². The Labute approximate surface area is 117 Å². The van der Waals surface area contributed by atoms with E-state index in [0.29, 0.717) is 21.9 Å². The van der Waals surface area contributed by atoms with Crippen LogP contribution in [0.2, 0.25) is 5.02 Å². The maximum Gasteiger partial charge on any atom is 0.189 e. The monoisotopic (exact) mass is 272 g/mol. The van der Waals surface area contributed by atoms with Gasteiger partial charge in [-0.2, -0.15) is 0 Å². The third-order valence-electron chi connectivity index (χ3n) is 2.68. The van der Waals surface area contributed by atoms with Gasteiger partial charge in [0.2, 0.25) is 0 Å². The molecule has 96 valence electrons. The van der Waals surface area contributed by atoms with E-state index in [1.54, 1.807) is 18.2 Å². The Morgan fingerprint density at radius 1 is 1.05 bits per heavy atom. The third kappa shape index (κ3) is 3.24. The SMILES string of the molecule is CO/C(=C\C(=O)c1ccccc1)c1ccccc1Cl. The first kappa shape index (κ1) is 13.4. The van der Waals surface area contributed by atoms with Crippen molar-refractivity contribution < 1.29 is 9.53 Å². The van der Waals surface area contributed by atoms with Gasteiger partial charge in [0.05, 0.1) is 12.1 Å². The summed E-state index contributed by atoms with van der Waals surface area (Å²) in [5.74, 6) is 0.344. The first-order valence-corrected chi connectivity index (χ1v) is 6.20. The van der Waals surface area contributed by atoms with Gasteiger partial charge in [0.15, 0.2) is 5.78 Å². The van der Waals surface area contributed by atoms with E-state index < -0.39 is 0 Å². The van der Waals surface area contributed by atoms with Gasteiger partial charge in [0.25, 0.3) is 0 Å². The second-order valence-corrected chi connectivity index (χ2v) is 4.33. The summed E-state index contributed by atoms with van der Waals surface area (Å²) in [6.07, 6.45) is 1.45. The summed E-state index contributed by atoms with van der Waals surface area (Å²) in [6, 6.07) is 16.3. The largest absolute Gasteiger partial charge is 0.496 e. The standard InChI is InChI=1S/C16H13ClO2/c1-19-16(13-9-5-6-10-14(13)17)11-15(18)12-7-3-2-4-8-12/h2-11H,1H3/b16-11-. The zero-order chi connectivity index (χ0) is 13.7. The van der Waals surface area contributed by atoms with Crippen LogP contribution in [0.3, 0.4) is 0 Å². The van der Waals surface area contributed by atoms with Crippen molar-refractivity contribution in [1.29, 1.82) is 0 Å². The van der Waals surface area contributed by atoms with E-state index in [4.69, 9.17) is 16.3 Å². The summed E-state index contributed by atoms with van der Waals surface area (Å²) < 4.78 is 5.27. The average molecular weight is 273 g/mol. The quantitative estimate of drug-likeness (QED) is 0.473. The fraction of sp³-hybridized carbons (Fsp3) is 0.0625. The van der Waals surface area contributed by atoms with Crippen molar-refractivity contribution in [3.05, 3.63) is 76.8 Å². The Balaban J connectivity index is 2.35. The third-order valence-corrected chi connectivity index (χ3v) is 3.01. The van der Waals surface area contributed by atoms with Crippen molar-refractivity contribution in [2.75, 3.05) is 7.11 Å². The minimum Gasteiger partial charge on any atom is -0.496 e. The molecule has 0 bridgehead atoms. The number of ketones is 1. The Kier molecular flexibility index (Phi) is 4.37. The molecule has 3 heteroatoms. The van der Waals surface area contributed by atoms with E-state index in [9.17, 15) is 4.79 Å². The Morgan fingerprint density at radius 2 is 1.68 bits per heavy atom. The normalized spacial score (nSPS) is 11.2. The summed E-state index contributed by atoms with van der Waals surface area (Å²) in [6.45, 7) is 0. The molecule has 0 N–H and O–H groups in total. The Hall–Kier alpha value is -2.06. The molecule has 2 aromatic carbocycles. The molecule has 0 radical (unpaired) electrons. The lowest BCUT2D eigenvalue weighted by atomic mass is 10.1. The van der Waals surface area contributed by atoms with Gasteiger partial charge >= 0.3 is 0 Å². The summed E-state index contributed by atoms with van der Waals surface area (Å²) in [5.41, 5.74) is 1.32. The van der Waals surface area contributed by atoms with Crippen LogP contribution >= 0.6 is 11.6 Å². The summed E-state index contributed by atoms with van der Waals surface area (Å²) in [7, 11) is 1.52. The number of hydrogen-bond donors (Lipinski definition) is 0. The molecular formula is C16H13ClO2. The lowest BCUT2D eigenvalue weighted by Gasteiger charge is -2.08. The lowest BCUT2D eigenvalue weighted by molar-refractivity contribution is 0.104. The minimum atomic E-state index is -0.114. The summed E-state index contributed by atoms with van der Waals surface area (Å²) >= 11 is 6.10. The topological polar surface area (TPSA) is 26.3 Å². The maximum atomic E-state index is 12.1. The molecule has 0 saturated heterocycles. The second-order valence-electron chi connectivity index (χ2n) is 3.92. The van der Waals surface area contributed by atoms with E-state index in [1.807, 2.05) is 36.4 Å². The van der Waals surface area contributed by atoms with Crippen molar-refractivity contribution in [2.24, 2.45) is 0 Å². The van der Waals surface area contributed by atoms with Gasteiger partial charge in [-0.1, -0.05) is 54.1 Å². The number of carbonyl (C=O) groups excluding carboxylic acids is 1. The number of ether oxygens (including phenoxy) is 1. The molecule has 0 aliphatic heterocycles. The van der Waals surface area contributed by atoms with Crippen LogP contribution in [0.15, 0.2) is 60.7 Å².